The predicted molar refractivity (Wildman–Crippen MR) is 67.1 cm³/mol. The van der Waals surface area contributed by atoms with E-state index in [1.54, 1.807) is 11.3 Å². The lowest BCUT2D eigenvalue weighted by Crippen LogP contribution is -2.04. The number of nitrogens with one attached hydrogen (secondary N) is 1. The van der Waals surface area contributed by atoms with Gasteiger partial charge in [0, 0.05) is 10.8 Å². The normalized spacial score (nSPS) is 11.3. The minimum absolute atomic E-state index is 0.0330. The van der Waals surface area contributed by atoms with Crippen molar-refractivity contribution in [2.45, 2.75) is 13.3 Å². The van der Waals surface area contributed by atoms with Gasteiger partial charge in [-0.1, -0.05) is 25.1 Å². The number of H-pyrrole nitrogens is 1. The van der Waals surface area contributed by atoms with E-state index in [9.17, 15) is 4.79 Å². The highest BCUT2D eigenvalue weighted by atomic mass is 32.1. The average molecular weight is 230 g/mol. The van der Waals surface area contributed by atoms with Crippen molar-refractivity contribution >= 4 is 32.5 Å². The lowest BCUT2D eigenvalue weighted by atomic mass is 10.1. The first-order valence-corrected chi connectivity index (χ1v) is 6.01. The van der Waals surface area contributed by atoms with Gasteiger partial charge < -0.3 is 4.98 Å². The topological polar surface area (TPSA) is 45.8 Å². The standard InChI is InChI=1S/C12H10N2OS/c1-2-9-13-10-7-5-3-4-6-8(7)11(15)14-12(10)16-9/h3-6H,2H2,1H3,(H,14,15). The monoisotopic (exact) mass is 230 g/mol. The maximum atomic E-state index is 11.8. The van der Waals surface area contributed by atoms with Crippen molar-refractivity contribution in [1.29, 1.82) is 0 Å². The summed E-state index contributed by atoms with van der Waals surface area (Å²) in [6.45, 7) is 2.07. The summed E-state index contributed by atoms with van der Waals surface area (Å²) in [7, 11) is 0. The van der Waals surface area contributed by atoms with Crippen LogP contribution in [0.25, 0.3) is 21.1 Å². The molecule has 0 fully saturated rings. The van der Waals surface area contributed by atoms with Gasteiger partial charge in [-0.25, -0.2) is 4.98 Å². The minimum atomic E-state index is -0.0330. The zero-order valence-electron chi connectivity index (χ0n) is 8.78. The van der Waals surface area contributed by atoms with E-state index in [0.29, 0.717) is 5.39 Å². The fourth-order valence-corrected chi connectivity index (χ4v) is 2.75. The van der Waals surface area contributed by atoms with E-state index in [2.05, 4.69) is 16.9 Å². The third-order valence-corrected chi connectivity index (χ3v) is 3.74. The van der Waals surface area contributed by atoms with E-state index in [-0.39, 0.29) is 5.56 Å². The number of benzene rings is 1. The van der Waals surface area contributed by atoms with Crippen LogP contribution >= 0.6 is 11.3 Å². The summed E-state index contributed by atoms with van der Waals surface area (Å²) in [5.74, 6) is 0. The Morgan fingerprint density at radius 3 is 2.81 bits per heavy atom. The second-order valence-electron chi connectivity index (χ2n) is 3.64. The summed E-state index contributed by atoms with van der Waals surface area (Å²) in [6, 6.07) is 7.59. The van der Waals surface area contributed by atoms with Crippen molar-refractivity contribution in [2.24, 2.45) is 0 Å². The predicted octanol–water partition coefficient (Wildman–Crippen LogP) is 2.70. The molecule has 0 spiro atoms. The van der Waals surface area contributed by atoms with Gasteiger partial charge in [0.25, 0.3) is 5.56 Å². The molecule has 0 saturated heterocycles. The van der Waals surface area contributed by atoms with E-state index < -0.39 is 0 Å². The molecule has 0 aliphatic heterocycles. The molecule has 1 N–H and O–H groups in total. The minimum Gasteiger partial charge on any atom is -0.312 e. The summed E-state index contributed by atoms with van der Waals surface area (Å²) >= 11 is 1.56. The Kier molecular flexibility index (Phi) is 2.04. The molecule has 0 aliphatic rings. The number of fused-ring (bicyclic) bond motifs is 3. The maximum absolute atomic E-state index is 11.8. The highest BCUT2D eigenvalue weighted by Crippen LogP contribution is 2.25. The third-order valence-electron chi connectivity index (χ3n) is 2.63. The summed E-state index contributed by atoms with van der Waals surface area (Å²) in [6.07, 6.45) is 0.899. The van der Waals surface area contributed by atoms with E-state index in [0.717, 1.165) is 27.2 Å². The first kappa shape index (κ1) is 9.54. The summed E-state index contributed by atoms with van der Waals surface area (Å²) in [5, 5.41) is 2.71. The van der Waals surface area contributed by atoms with Gasteiger partial charge in [-0.05, 0) is 12.5 Å². The second kappa shape index (κ2) is 3.42. The number of thiazole rings is 1. The van der Waals surface area contributed by atoms with Gasteiger partial charge in [-0.2, -0.15) is 0 Å². The highest BCUT2D eigenvalue weighted by molar-refractivity contribution is 7.18. The van der Waals surface area contributed by atoms with Crippen LogP contribution in [0, 0.1) is 0 Å². The maximum Gasteiger partial charge on any atom is 0.257 e. The van der Waals surface area contributed by atoms with Crippen LogP contribution < -0.4 is 5.56 Å². The number of hydrogen-bond donors (Lipinski definition) is 1. The van der Waals surface area contributed by atoms with Gasteiger partial charge in [0.15, 0.2) is 0 Å². The van der Waals surface area contributed by atoms with Crippen LogP contribution in [-0.2, 0) is 6.42 Å². The number of aryl methyl sites for hydroxylation is 1. The van der Waals surface area contributed by atoms with Crippen LogP contribution in [0.1, 0.15) is 11.9 Å². The molecule has 0 aliphatic carbocycles. The summed E-state index contributed by atoms with van der Waals surface area (Å²) in [4.78, 5) is 20.1. The van der Waals surface area contributed by atoms with Gasteiger partial charge in [-0.15, -0.1) is 11.3 Å². The van der Waals surface area contributed by atoms with Crippen LogP contribution in [-0.4, -0.2) is 9.97 Å². The highest BCUT2D eigenvalue weighted by Gasteiger charge is 2.08. The third kappa shape index (κ3) is 1.27. The molecule has 0 radical (unpaired) electrons. The van der Waals surface area contributed by atoms with E-state index in [4.69, 9.17) is 0 Å². The summed E-state index contributed by atoms with van der Waals surface area (Å²) < 4.78 is 0. The molecule has 4 heteroatoms. The Bertz CT molecular complexity index is 727. The molecule has 2 heterocycles. The fourth-order valence-electron chi connectivity index (χ4n) is 1.84. The van der Waals surface area contributed by atoms with Gasteiger partial charge in [0.1, 0.15) is 10.3 Å². The number of aromatic amines is 1. The molecule has 80 valence electrons. The fraction of sp³-hybridized carbons (Fsp3) is 0.167. The first-order valence-electron chi connectivity index (χ1n) is 5.20. The Hall–Kier alpha value is -1.68. The molecule has 0 unspecified atom stereocenters. The zero-order valence-corrected chi connectivity index (χ0v) is 9.60. The van der Waals surface area contributed by atoms with Crippen LogP contribution in [0.15, 0.2) is 29.1 Å². The van der Waals surface area contributed by atoms with Gasteiger partial charge in [0.2, 0.25) is 0 Å². The average Bonchev–Trinajstić information content (AvgIpc) is 2.72. The Labute approximate surface area is 95.8 Å². The number of nitrogens with zero attached hydrogens (tertiary/aromatic N) is 1. The van der Waals surface area contributed by atoms with Crippen molar-refractivity contribution in [3.63, 3.8) is 0 Å². The quantitative estimate of drug-likeness (QED) is 0.698. The molecular formula is C12H10N2OS. The van der Waals surface area contributed by atoms with Crippen molar-refractivity contribution in [1.82, 2.24) is 9.97 Å². The molecule has 0 amide bonds. The van der Waals surface area contributed by atoms with Crippen LogP contribution in [0.2, 0.25) is 0 Å². The van der Waals surface area contributed by atoms with Crippen molar-refractivity contribution < 1.29 is 0 Å². The van der Waals surface area contributed by atoms with Gasteiger partial charge >= 0.3 is 0 Å². The smallest absolute Gasteiger partial charge is 0.257 e. The second-order valence-corrected chi connectivity index (χ2v) is 4.72. The lowest BCUT2D eigenvalue weighted by Gasteiger charge is -1.96. The molecular weight excluding hydrogens is 220 g/mol. The van der Waals surface area contributed by atoms with Gasteiger partial charge in [-0.3, -0.25) is 4.79 Å². The molecule has 1 aromatic carbocycles. The Morgan fingerprint density at radius 2 is 2.06 bits per heavy atom. The van der Waals surface area contributed by atoms with Crippen LogP contribution in [0.4, 0.5) is 0 Å². The molecule has 16 heavy (non-hydrogen) atoms. The molecule has 0 saturated carbocycles. The molecule has 3 nitrogen and oxygen atoms in total. The first-order chi connectivity index (χ1) is 7.79. The largest absolute Gasteiger partial charge is 0.312 e. The van der Waals surface area contributed by atoms with Crippen LogP contribution in [0.5, 0.6) is 0 Å². The lowest BCUT2D eigenvalue weighted by molar-refractivity contribution is 1.11. The molecule has 0 atom stereocenters. The van der Waals surface area contributed by atoms with Crippen molar-refractivity contribution in [2.75, 3.05) is 0 Å². The van der Waals surface area contributed by atoms with Crippen molar-refractivity contribution in [3.05, 3.63) is 39.6 Å². The number of rotatable bonds is 1. The van der Waals surface area contributed by atoms with Crippen molar-refractivity contribution in [3.8, 4) is 0 Å². The number of pyridine rings is 1. The number of hydrogen-bond acceptors (Lipinski definition) is 3. The Morgan fingerprint density at radius 1 is 1.31 bits per heavy atom. The molecule has 2 aromatic heterocycles. The molecule has 3 rings (SSSR count). The molecule has 3 aromatic rings. The van der Waals surface area contributed by atoms with E-state index >= 15 is 0 Å². The Balaban J connectivity index is 2.57. The molecule has 0 bridgehead atoms. The van der Waals surface area contributed by atoms with E-state index in [1.807, 2.05) is 24.3 Å². The van der Waals surface area contributed by atoms with Gasteiger partial charge in [0.05, 0.1) is 5.01 Å². The van der Waals surface area contributed by atoms with E-state index in [1.165, 1.54) is 0 Å². The summed E-state index contributed by atoms with van der Waals surface area (Å²) in [5.41, 5.74) is 0.881. The zero-order chi connectivity index (χ0) is 11.1. The SMILES string of the molecule is CCc1nc2c([nH]c(=O)c3ccccc32)s1. The number of aromatic nitrogens is 2. The van der Waals surface area contributed by atoms with Crippen LogP contribution in [0.3, 0.4) is 0 Å².